The molecule has 0 aliphatic carbocycles. The molecule has 1 aromatic carbocycles. The molecule has 2 N–H and O–H groups in total. The Kier molecular flexibility index (Phi) is 6.21. The van der Waals surface area contributed by atoms with E-state index in [1.165, 1.54) is 6.26 Å². The average Bonchev–Trinajstić information content (AvgIpc) is 3.19. The lowest BCUT2D eigenvalue weighted by atomic mass is 9.98. The number of fused-ring (bicyclic) bond motifs is 1. The first kappa shape index (κ1) is 21.0. The van der Waals surface area contributed by atoms with Crippen LogP contribution in [0.25, 0.3) is 0 Å². The smallest absolute Gasteiger partial charge is 0.359 e. The van der Waals surface area contributed by atoms with Crippen molar-refractivity contribution in [2.24, 2.45) is 0 Å². The van der Waals surface area contributed by atoms with E-state index < -0.39 is 29.1 Å². The highest BCUT2D eigenvalue weighted by molar-refractivity contribution is 7.94. The topological polar surface area (TPSA) is 94.1 Å². The third-order valence-corrected chi connectivity index (χ3v) is 6.23. The average molecular weight is 429 g/mol. The van der Waals surface area contributed by atoms with Crippen LogP contribution in [0, 0.1) is 0 Å². The van der Waals surface area contributed by atoms with Crippen LogP contribution in [0.3, 0.4) is 0 Å². The van der Waals surface area contributed by atoms with Gasteiger partial charge in [-0.25, -0.2) is 4.79 Å². The Bertz CT molecular complexity index is 788. The van der Waals surface area contributed by atoms with Crippen LogP contribution in [0.4, 0.5) is 0 Å². The maximum absolute atomic E-state index is 12.3. The molecule has 0 saturated carbocycles. The van der Waals surface area contributed by atoms with E-state index >= 15 is 0 Å². The molecule has 0 saturated heterocycles. The van der Waals surface area contributed by atoms with Crippen LogP contribution in [-0.4, -0.2) is 45.3 Å². The molecule has 2 aliphatic heterocycles. The molecule has 2 heterocycles. The van der Waals surface area contributed by atoms with Crippen LogP contribution in [0.1, 0.15) is 39.5 Å². The number of rotatable bonds is 8. The van der Waals surface area contributed by atoms with Crippen molar-refractivity contribution in [2.75, 3.05) is 12.8 Å². The molecule has 0 amide bonds. The minimum atomic E-state index is -1.47. The predicted molar refractivity (Wildman–Crippen MR) is 108 cm³/mol. The van der Waals surface area contributed by atoms with Gasteiger partial charge in [0, 0.05) is 22.3 Å². The molecule has 154 valence electrons. The number of halogens is 1. The van der Waals surface area contributed by atoms with Crippen molar-refractivity contribution in [3.05, 3.63) is 33.9 Å². The highest BCUT2D eigenvalue weighted by atomic mass is 35.5. The summed E-state index contributed by atoms with van der Waals surface area (Å²) in [6.07, 6.45) is 4.00. The van der Waals surface area contributed by atoms with Gasteiger partial charge in [0.1, 0.15) is 11.9 Å². The summed E-state index contributed by atoms with van der Waals surface area (Å²) in [5, 5.41) is 13.9. The number of carbonyl (C=O) groups is 1. The summed E-state index contributed by atoms with van der Waals surface area (Å²) in [4.78, 5) is 13.8. The first-order chi connectivity index (χ1) is 13.3. The van der Waals surface area contributed by atoms with E-state index in [4.69, 9.17) is 21.1 Å². The minimum absolute atomic E-state index is 0.0139. The number of nitrogens with one attached hydrogen (secondary N) is 1. The van der Waals surface area contributed by atoms with Crippen molar-refractivity contribution in [1.29, 1.82) is 0 Å². The van der Waals surface area contributed by atoms with E-state index in [0.717, 1.165) is 12.8 Å². The maximum Gasteiger partial charge on any atom is 0.359 e. The molecule has 3 unspecified atom stereocenters. The van der Waals surface area contributed by atoms with Crippen LogP contribution in [0.2, 0.25) is 5.02 Å². The second-order valence-electron chi connectivity index (χ2n) is 6.92. The summed E-state index contributed by atoms with van der Waals surface area (Å²) in [5.41, 5.74) is -0.635. The molecule has 28 heavy (non-hydrogen) atoms. The van der Waals surface area contributed by atoms with Gasteiger partial charge in [-0.2, -0.15) is 0 Å². The summed E-state index contributed by atoms with van der Waals surface area (Å²) in [7, 11) is 0. The third kappa shape index (κ3) is 3.86. The fourth-order valence-electron chi connectivity index (χ4n) is 3.69. The number of carboxylic acids is 1. The van der Waals surface area contributed by atoms with E-state index in [9.17, 15) is 14.5 Å². The van der Waals surface area contributed by atoms with Gasteiger partial charge in [0.05, 0.1) is 6.54 Å². The Labute approximate surface area is 172 Å². The van der Waals surface area contributed by atoms with Gasteiger partial charge in [0.25, 0.3) is 11.3 Å². The molecule has 0 aromatic heterocycles. The zero-order valence-electron chi connectivity index (χ0n) is 16.2. The van der Waals surface area contributed by atoms with Crippen molar-refractivity contribution >= 4 is 28.7 Å². The van der Waals surface area contributed by atoms with E-state index in [2.05, 4.69) is 12.2 Å². The van der Waals surface area contributed by atoms with E-state index in [0.29, 0.717) is 29.4 Å². The lowest BCUT2D eigenvalue weighted by Gasteiger charge is -2.40. The summed E-state index contributed by atoms with van der Waals surface area (Å²) in [5.74, 6) is -0.0269. The zero-order valence-corrected chi connectivity index (χ0v) is 17.7. The molecule has 0 fully saturated rings. The zero-order chi connectivity index (χ0) is 20.5. The summed E-state index contributed by atoms with van der Waals surface area (Å²) >= 11 is 4.54. The quantitative estimate of drug-likeness (QED) is 0.613. The molecular weight excluding hydrogens is 404 g/mol. The molecular formula is C19H25ClN2O5S. The van der Waals surface area contributed by atoms with Crippen LogP contribution < -0.4 is 14.8 Å². The number of hydrogen-bond acceptors (Lipinski definition) is 6. The minimum Gasteiger partial charge on any atom is -0.610 e. The first-order valence-corrected chi connectivity index (χ1v) is 11.2. The van der Waals surface area contributed by atoms with Crippen LogP contribution >= 0.6 is 11.6 Å². The SMILES string of the molecule is CCCCC1(CC)NC([S+](C)[O-])=C(C(=O)O)N1CC1Oc2ccc(Cl)cc2O1. The highest BCUT2D eigenvalue weighted by Gasteiger charge is 2.50. The highest BCUT2D eigenvalue weighted by Crippen LogP contribution is 2.40. The molecule has 0 spiro atoms. The predicted octanol–water partition coefficient (Wildman–Crippen LogP) is 3.27. The van der Waals surface area contributed by atoms with E-state index in [-0.39, 0.29) is 17.3 Å². The summed E-state index contributed by atoms with van der Waals surface area (Å²) in [6.45, 7) is 4.25. The standard InChI is InChI=1S/C19H25ClN2O5S/c1-4-6-9-19(5-2)21-17(28(3)25)16(18(23)24)22(19)11-15-26-13-8-7-12(20)10-14(13)27-15/h7-8,10,15,21H,4-6,9,11H2,1-3H3,(H,23,24). The Balaban J connectivity index is 1.91. The number of benzene rings is 1. The van der Waals surface area contributed by atoms with Crippen LogP contribution in [-0.2, 0) is 16.0 Å². The Morgan fingerprint density at radius 2 is 2.11 bits per heavy atom. The largest absolute Gasteiger partial charge is 0.610 e. The van der Waals surface area contributed by atoms with Gasteiger partial charge in [-0.1, -0.05) is 31.9 Å². The fourth-order valence-corrected chi connectivity index (χ4v) is 4.65. The maximum atomic E-state index is 12.3. The second-order valence-corrected chi connectivity index (χ2v) is 8.67. The van der Waals surface area contributed by atoms with Crippen molar-refractivity contribution in [1.82, 2.24) is 10.2 Å². The van der Waals surface area contributed by atoms with E-state index in [1.807, 2.05) is 6.92 Å². The number of carboxylic acid groups (broad SMARTS) is 1. The second kappa shape index (κ2) is 8.31. The van der Waals surface area contributed by atoms with Crippen LogP contribution in [0.15, 0.2) is 28.9 Å². The lowest BCUT2D eigenvalue weighted by Crippen LogP contribution is -2.55. The molecule has 3 atom stereocenters. The summed E-state index contributed by atoms with van der Waals surface area (Å²) < 4.78 is 24.0. The monoisotopic (exact) mass is 428 g/mol. The number of nitrogens with zero attached hydrogens (tertiary/aromatic N) is 1. The molecule has 2 aliphatic rings. The molecule has 7 nitrogen and oxygen atoms in total. The molecule has 0 bridgehead atoms. The van der Waals surface area contributed by atoms with Gasteiger partial charge >= 0.3 is 5.97 Å². The lowest BCUT2D eigenvalue weighted by molar-refractivity contribution is -0.135. The molecule has 3 rings (SSSR count). The molecule has 0 radical (unpaired) electrons. The Morgan fingerprint density at radius 1 is 1.39 bits per heavy atom. The van der Waals surface area contributed by atoms with Crippen molar-refractivity contribution in [3.8, 4) is 11.5 Å². The van der Waals surface area contributed by atoms with Gasteiger partial charge in [-0.3, -0.25) is 0 Å². The third-order valence-electron chi connectivity index (χ3n) is 5.12. The van der Waals surface area contributed by atoms with Gasteiger partial charge in [-0.15, -0.1) is 0 Å². The normalized spacial score (nSPS) is 24.5. The Hall–Kier alpha value is -1.77. The van der Waals surface area contributed by atoms with Crippen molar-refractivity contribution in [3.63, 3.8) is 0 Å². The molecule has 1 aromatic rings. The number of ether oxygens (including phenoxy) is 2. The number of aliphatic carboxylic acids is 1. The van der Waals surface area contributed by atoms with Crippen LogP contribution in [0.5, 0.6) is 11.5 Å². The number of hydrogen-bond donors (Lipinski definition) is 2. The van der Waals surface area contributed by atoms with Crippen molar-refractivity contribution in [2.45, 2.75) is 51.5 Å². The first-order valence-electron chi connectivity index (χ1n) is 9.31. The fraction of sp³-hybridized carbons (Fsp3) is 0.526. The van der Waals surface area contributed by atoms with Gasteiger partial charge in [0.2, 0.25) is 0 Å². The van der Waals surface area contributed by atoms with Gasteiger partial charge < -0.3 is 29.3 Å². The molecule has 9 heteroatoms. The Morgan fingerprint density at radius 3 is 2.71 bits per heavy atom. The van der Waals surface area contributed by atoms with E-state index in [1.54, 1.807) is 23.1 Å². The van der Waals surface area contributed by atoms with Gasteiger partial charge in [-0.05, 0) is 31.4 Å². The summed E-state index contributed by atoms with van der Waals surface area (Å²) in [6, 6.07) is 5.11. The van der Waals surface area contributed by atoms with Crippen molar-refractivity contribution < 1.29 is 23.9 Å². The number of unbranched alkanes of at least 4 members (excludes halogenated alkanes) is 1. The van der Waals surface area contributed by atoms with Gasteiger partial charge in [0.15, 0.2) is 17.2 Å².